The number of nitrogens with zero attached hydrogens (tertiary/aromatic N) is 1. The smallest absolute Gasteiger partial charge is 0.279 e. The van der Waals surface area contributed by atoms with Crippen molar-refractivity contribution in [1.29, 1.82) is 0 Å². The van der Waals surface area contributed by atoms with Gasteiger partial charge in [0, 0.05) is 15.3 Å². The quantitative estimate of drug-likeness (QED) is 0.471. The fourth-order valence-electron chi connectivity index (χ4n) is 3.45. The molecule has 1 N–H and O–H groups in total. The van der Waals surface area contributed by atoms with E-state index in [-0.39, 0.29) is 11.0 Å². The van der Waals surface area contributed by atoms with E-state index in [0.29, 0.717) is 26.2 Å². The number of hydrogen-bond donors (Lipinski definition) is 1. The van der Waals surface area contributed by atoms with E-state index < -0.39 is 10.8 Å². The number of rotatable bonds is 4. The van der Waals surface area contributed by atoms with Gasteiger partial charge in [0.2, 0.25) is 0 Å². The Hall–Kier alpha value is -3.15. The lowest BCUT2D eigenvalue weighted by molar-refractivity contribution is 0.590. The lowest BCUT2D eigenvalue weighted by atomic mass is 9.87. The third-order valence-electron chi connectivity index (χ3n) is 5.33. The van der Waals surface area contributed by atoms with Crippen molar-refractivity contribution in [3.63, 3.8) is 0 Å². The summed E-state index contributed by atoms with van der Waals surface area (Å²) in [4.78, 5) is 14.0. The minimum atomic E-state index is -1.46. The van der Waals surface area contributed by atoms with E-state index >= 15 is 0 Å². The Kier molecular flexibility index (Phi) is 6.54. The molecule has 4 aromatic rings. The molecule has 4 nitrogen and oxygen atoms in total. The predicted molar refractivity (Wildman–Crippen MR) is 137 cm³/mol. The van der Waals surface area contributed by atoms with Crippen molar-refractivity contribution in [3.8, 4) is 5.69 Å². The zero-order valence-electron chi connectivity index (χ0n) is 18.7. The van der Waals surface area contributed by atoms with Crippen LogP contribution >= 0.6 is 11.6 Å². The van der Waals surface area contributed by atoms with E-state index in [4.69, 9.17) is 11.6 Å². The molecule has 1 unspecified atom stereocenters. The third kappa shape index (κ3) is 5.27. The third-order valence-corrected chi connectivity index (χ3v) is 6.77. The van der Waals surface area contributed by atoms with Gasteiger partial charge in [0.05, 0.1) is 27.1 Å². The van der Waals surface area contributed by atoms with Crippen LogP contribution < -0.4 is 16.1 Å². The molecule has 0 saturated carbocycles. The highest BCUT2D eigenvalue weighted by molar-refractivity contribution is 7.92. The van der Waals surface area contributed by atoms with Crippen molar-refractivity contribution in [2.75, 3.05) is 0 Å². The largest absolute Gasteiger partial charge is 0.290 e. The molecule has 0 saturated heterocycles. The molecule has 1 atom stereocenters. The second-order valence-corrected chi connectivity index (χ2v) is 10.5. The standard InChI is InChI=1S/C27H25ClN2O2S/c1-27(2,3)20-11-9-19(10-12-20)17-24-25(18-33(32)23-15-13-21(28)14-16-23)29-30(26(24)31)22-7-5-4-6-8-22/h4-18,29H,1-3H3/b24-17+,25-18-. The molecule has 0 amide bonds. The second kappa shape index (κ2) is 9.38. The average Bonchev–Trinajstić information content (AvgIpc) is 3.09. The molecule has 0 fully saturated rings. The number of nitrogens with one attached hydrogen (secondary N) is 1. The summed E-state index contributed by atoms with van der Waals surface area (Å²) in [6.45, 7) is 6.49. The summed E-state index contributed by atoms with van der Waals surface area (Å²) in [5, 5.41) is 6.22. The van der Waals surface area contributed by atoms with Crippen molar-refractivity contribution in [2.24, 2.45) is 0 Å². The van der Waals surface area contributed by atoms with Gasteiger partial charge in [-0.25, -0.2) is 8.89 Å². The molecule has 0 spiro atoms. The Morgan fingerprint density at radius 2 is 1.55 bits per heavy atom. The fraction of sp³-hybridized carbons (Fsp3) is 0.148. The zero-order valence-corrected chi connectivity index (χ0v) is 20.3. The molecule has 1 heterocycles. The van der Waals surface area contributed by atoms with Crippen molar-refractivity contribution in [1.82, 2.24) is 9.78 Å². The molecule has 4 rings (SSSR count). The van der Waals surface area contributed by atoms with Gasteiger partial charge < -0.3 is 0 Å². The highest BCUT2D eigenvalue weighted by Gasteiger charge is 2.13. The van der Waals surface area contributed by atoms with E-state index in [1.807, 2.05) is 48.5 Å². The predicted octanol–water partition coefficient (Wildman–Crippen LogP) is 4.49. The topological polar surface area (TPSA) is 54.9 Å². The second-order valence-electron chi connectivity index (χ2n) is 8.80. The first-order valence-electron chi connectivity index (χ1n) is 10.6. The molecule has 33 heavy (non-hydrogen) atoms. The van der Waals surface area contributed by atoms with Crippen LogP contribution in [0.3, 0.4) is 0 Å². The van der Waals surface area contributed by atoms with Gasteiger partial charge in [0.15, 0.2) is 0 Å². The first kappa shape index (κ1) is 23.0. The maximum Gasteiger partial charge on any atom is 0.279 e. The molecule has 168 valence electrons. The number of para-hydroxylation sites is 1. The van der Waals surface area contributed by atoms with Gasteiger partial charge in [0.25, 0.3) is 5.56 Å². The van der Waals surface area contributed by atoms with Gasteiger partial charge in [-0.3, -0.25) is 9.89 Å². The number of aromatic amines is 1. The Bertz CT molecular complexity index is 1460. The molecule has 6 heteroatoms. The lowest BCUT2D eigenvalue weighted by Crippen LogP contribution is -2.35. The minimum absolute atomic E-state index is 0.0427. The summed E-state index contributed by atoms with van der Waals surface area (Å²) >= 11 is 5.96. The minimum Gasteiger partial charge on any atom is -0.290 e. The maximum absolute atomic E-state index is 13.3. The van der Waals surface area contributed by atoms with Crippen LogP contribution in [-0.2, 0) is 16.2 Å². The highest BCUT2D eigenvalue weighted by Crippen LogP contribution is 2.22. The lowest BCUT2D eigenvalue weighted by Gasteiger charge is -2.18. The van der Waals surface area contributed by atoms with Crippen LogP contribution in [0.2, 0.25) is 5.02 Å². The van der Waals surface area contributed by atoms with Gasteiger partial charge in [-0.2, -0.15) is 0 Å². The normalized spacial score (nSPS) is 13.9. The number of benzene rings is 3. The summed E-state index contributed by atoms with van der Waals surface area (Å²) in [6.07, 6.45) is 1.83. The van der Waals surface area contributed by atoms with Crippen LogP contribution in [0.5, 0.6) is 0 Å². The molecular weight excluding hydrogens is 452 g/mol. The van der Waals surface area contributed by atoms with Crippen LogP contribution in [0.25, 0.3) is 17.2 Å². The van der Waals surface area contributed by atoms with E-state index in [9.17, 15) is 9.00 Å². The Morgan fingerprint density at radius 1 is 0.909 bits per heavy atom. The molecule has 0 aliphatic rings. The molecule has 3 aromatic carbocycles. The first-order chi connectivity index (χ1) is 15.7. The molecule has 0 aliphatic carbocycles. The summed E-state index contributed by atoms with van der Waals surface area (Å²) < 4.78 is 14.5. The van der Waals surface area contributed by atoms with Crippen molar-refractivity contribution in [3.05, 3.63) is 116 Å². The average molecular weight is 477 g/mol. The Labute approximate surface area is 200 Å². The molecule has 0 aliphatic heterocycles. The highest BCUT2D eigenvalue weighted by atomic mass is 35.5. The van der Waals surface area contributed by atoms with Gasteiger partial charge in [0.1, 0.15) is 0 Å². The molecule has 0 bridgehead atoms. The van der Waals surface area contributed by atoms with Gasteiger partial charge in [-0.1, -0.05) is 74.8 Å². The van der Waals surface area contributed by atoms with Crippen LogP contribution in [0, 0.1) is 0 Å². The molecule has 1 aromatic heterocycles. The van der Waals surface area contributed by atoms with Crippen molar-refractivity contribution >= 4 is 33.9 Å². The number of H-pyrrole nitrogens is 1. The van der Waals surface area contributed by atoms with Crippen molar-refractivity contribution < 1.29 is 4.21 Å². The van der Waals surface area contributed by atoms with E-state index in [1.165, 1.54) is 10.2 Å². The maximum atomic E-state index is 13.3. The Balaban J connectivity index is 1.88. The summed E-state index contributed by atoms with van der Waals surface area (Å²) in [5.41, 5.74) is 2.65. The molecule has 0 radical (unpaired) electrons. The van der Waals surface area contributed by atoms with Crippen molar-refractivity contribution in [2.45, 2.75) is 31.1 Å². The summed E-state index contributed by atoms with van der Waals surface area (Å²) in [7, 11) is -1.46. The van der Waals surface area contributed by atoms with Gasteiger partial charge in [-0.05, 0) is 59.0 Å². The van der Waals surface area contributed by atoms with E-state index in [0.717, 1.165) is 5.56 Å². The van der Waals surface area contributed by atoms with E-state index in [1.54, 1.807) is 29.7 Å². The van der Waals surface area contributed by atoms with Crippen LogP contribution in [0.4, 0.5) is 0 Å². The Morgan fingerprint density at radius 3 is 2.15 bits per heavy atom. The number of hydrogen-bond acceptors (Lipinski definition) is 2. The number of aromatic nitrogens is 2. The SMILES string of the molecule is CC(C)(C)c1ccc(/C=c2/c(=O)n(-c3ccccc3)[nH]/c2=C\S(=O)c2ccc(Cl)cc2)cc1. The van der Waals surface area contributed by atoms with Gasteiger partial charge >= 0.3 is 0 Å². The monoisotopic (exact) mass is 476 g/mol. The summed E-state index contributed by atoms with van der Waals surface area (Å²) in [6, 6.07) is 24.3. The first-order valence-corrected chi connectivity index (χ1v) is 12.2. The van der Waals surface area contributed by atoms with Crippen LogP contribution in [0.15, 0.2) is 88.6 Å². The fourth-order valence-corrected chi connectivity index (χ4v) is 4.51. The van der Waals surface area contributed by atoms with E-state index in [2.05, 4.69) is 38.0 Å². The van der Waals surface area contributed by atoms with Gasteiger partial charge in [-0.15, -0.1) is 0 Å². The van der Waals surface area contributed by atoms with Crippen LogP contribution in [0.1, 0.15) is 31.9 Å². The van der Waals surface area contributed by atoms with Crippen LogP contribution in [-0.4, -0.2) is 14.0 Å². The summed E-state index contributed by atoms with van der Waals surface area (Å²) in [5.74, 6) is 0. The molecular formula is C27H25ClN2O2S. The number of halogens is 1. The zero-order chi connectivity index (χ0) is 23.6.